The highest BCUT2D eigenvalue weighted by atomic mass is 35.5. The van der Waals surface area contributed by atoms with Gasteiger partial charge in [0.2, 0.25) is 0 Å². The summed E-state index contributed by atoms with van der Waals surface area (Å²) in [5.74, 6) is -0.184. The third kappa shape index (κ3) is 5.13. The smallest absolute Gasteiger partial charge is 0.274 e. The van der Waals surface area contributed by atoms with Gasteiger partial charge in [-0.15, -0.1) is 41.2 Å². The van der Waals surface area contributed by atoms with Crippen molar-refractivity contribution in [2.75, 3.05) is 13.1 Å². The standard InChI is InChI=1S/C15H22N6OS.2ClH/c1-3-12-8-17-13(23-12)9-18-15(22)14-10(2)21(20-19-14)11-4-6-16-7-5-11;;/h8,11,16H,3-7,9H2,1-2H3,(H,18,22);2*1H. The molecule has 140 valence electrons. The zero-order chi connectivity index (χ0) is 16.2. The average Bonchev–Trinajstić information content (AvgIpc) is 3.20. The molecule has 0 radical (unpaired) electrons. The van der Waals surface area contributed by atoms with Crippen molar-refractivity contribution >= 4 is 42.1 Å². The Labute approximate surface area is 163 Å². The minimum Gasteiger partial charge on any atom is -0.344 e. The Morgan fingerprint density at radius 2 is 2.12 bits per heavy atom. The predicted molar refractivity (Wildman–Crippen MR) is 103 cm³/mol. The third-order valence-electron chi connectivity index (χ3n) is 4.15. The van der Waals surface area contributed by atoms with Gasteiger partial charge in [0.1, 0.15) is 5.01 Å². The molecular formula is C15H24Cl2N6OS. The molecule has 25 heavy (non-hydrogen) atoms. The van der Waals surface area contributed by atoms with E-state index in [1.807, 2.05) is 17.8 Å². The van der Waals surface area contributed by atoms with E-state index in [0.29, 0.717) is 18.3 Å². The summed E-state index contributed by atoms with van der Waals surface area (Å²) < 4.78 is 1.90. The van der Waals surface area contributed by atoms with E-state index in [-0.39, 0.29) is 30.7 Å². The summed E-state index contributed by atoms with van der Waals surface area (Å²) in [6, 6.07) is 0.330. The van der Waals surface area contributed by atoms with Crippen molar-refractivity contribution < 1.29 is 4.79 Å². The maximum Gasteiger partial charge on any atom is 0.274 e. The van der Waals surface area contributed by atoms with E-state index >= 15 is 0 Å². The van der Waals surface area contributed by atoms with Gasteiger partial charge in [0.25, 0.3) is 5.91 Å². The molecule has 0 spiro atoms. The lowest BCUT2D eigenvalue weighted by atomic mass is 10.1. The normalized spacial score (nSPS) is 14.5. The molecule has 1 fully saturated rings. The Morgan fingerprint density at radius 1 is 1.40 bits per heavy atom. The molecule has 0 aromatic carbocycles. The number of nitrogens with zero attached hydrogens (tertiary/aromatic N) is 4. The molecule has 10 heteroatoms. The Balaban J connectivity index is 0.00000156. The number of carbonyl (C=O) groups is 1. The fourth-order valence-electron chi connectivity index (χ4n) is 2.78. The summed E-state index contributed by atoms with van der Waals surface area (Å²) in [6.45, 7) is 6.40. The van der Waals surface area contributed by atoms with Crippen LogP contribution in [-0.2, 0) is 13.0 Å². The van der Waals surface area contributed by atoms with Gasteiger partial charge in [-0.05, 0) is 39.3 Å². The number of hydrogen-bond acceptors (Lipinski definition) is 6. The lowest BCUT2D eigenvalue weighted by molar-refractivity contribution is 0.0945. The highest BCUT2D eigenvalue weighted by Gasteiger charge is 2.22. The number of aryl methyl sites for hydroxylation is 1. The molecule has 1 aliphatic heterocycles. The van der Waals surface area contributed by atoms with Gasteiger partial charge in [-0.2, -0.15) is 0 Å². The lowest BCUT2D eigenvalue weighted by Gasteiger charge is -2.23. The van der Waals surface area contributed by atoms with Crippen molar-refractivity contribution in [3.8, 4) is 0 Å². The molecule has 0 atom stereocenters. The SMILES string of the molecule is CCc1cnc(CNC(=O)c2nnn(C3CCNCC3)c2C)s1.Cl.Cl. The second-order valence-electron chi connectivity index (χ2n) is 5.71. The highest BCUT2D eigenvalue weighted by Crippen LogP contribution is 2.20. The Kier molecular flexibility index (Phi) is 8.78. The zero-order valence-corrected chi connectivity index (χ0v) is 16.8. The number of nitrogens with one attached hydrogen (secondary N) is 2. The molecule has 0 unspecified atom stereocenters. The first-order chi connectivity index (χ1) is 11.2. The second-order valence-corrected chi connectivity index (χ2v) is 6.91. The highest BCUT2D eigenvalue weighted by molar-refractivity contribution is 7.11. The van der Waals surface area contributed by atoms with Crippen molar-refractivity contribution in [2.24, 2.45) is 0 Å². The van der Waals surface area contributed by atoms with Gasteiger partial charge < -0.3 is 10.6 Å². The van der Waals surface area contributed by atoms with Crippen molar-refractivity contribution in [2.45, 2.75) is 45.7 Å². The quantitative estimate of drug-likeness (QED) is 0.795. The second kappa shape index (κ2) is 10.1. The fraction of sp³-hybridized carbons (Fsp3) is 0.600. The first-order valence-corrected chi connectivity index (χ1v) is 8.85. The summed E-state index contributed by atoms with van der Waals surface area (Å²) in [6.07, 6.45) is 4.87. The van der Waals surface area contributed by atoms with Crippen LogP contribution >= 0.6 is 36.2 Å². The van der Waals surface area contributed by atoms with E-state index in [9.17, 15) is 4.79 Å². The molecule has 0 saturated carbocycles. The van der Waals surface area contributed by atoms with E-state index in [1.165, 1.54) is 4.88 Å². The Bertz CT molecular complexity index is 683. The molecule has 3 rings (SSSR count). The van der Waals surface area contributed by atoms with E-state index in [2.05, 4.69) is 32.9 Å². The van der Waals surface area contributed by atoms with Crippen molar-refractivity contribution in [3.05, 3.63) is 27.5 Å². The van der Waals surface area contributed by atoms with E-state index in [0.717, 1.165) is 43.1 Å². The monoisotopic (exact) mass is 406 g/mol. The largest absolute Gasteiger partial charge is 0.344 e. The van der Waals surface area contributed by atoms with Crippen molar-refractivity contribution in [1.29, 1.82) is 0 Å². The first-order valence-electron chi connectivity index (χ1n) is 8.03. The molecule has 2 aromatic rings. The molecule has 2 N–H and O–H groups in total. The maximum absolute atomic E-state index is 12.3. The summed E-state index contributed by atoms with van der Waals surface area (Å²) in [4.78, 5) is 17.9. The molecule has 3 heterocycles. The van der Waals surface area contributed by atoms with Crippen LogP contribution in [0.25, 0.3) is 0 Å². The average molecular weight is 407 g/mol. The van der Waals surface area contributed by atoms with E-state index in [1.54, 1.807) is 11.3 Å². The molecular weight excluding hydrogens is 383 g/mol. The third-order valence-corrected chi connectivity index (χ3v) is 5.29. The van der Waals surface area contributed by atoms with E-state index < -0.39 is 0 Å². The van der Waals surface area contributed by atoms with Gasteiger partial charge in [-0.3, -0.25) is 4.79 Å². The van der Waals surface area contributed by atoms with Gasteiger partial charge in [-0.25, -0.2) is 9.67 Å². The van der Waals surface area contributed by atoms with Gasteiger partial charge in [0, 0.05) is 11.1 Å². The van der Waals surface area contributed by atoms with Crippen LogP contribution in [0.4, 0.5) is 0 Å². The van der Waals surface area contributed by atoms with Crippen LogP contribution in [0.5, 0.6) is 0 Å². The summed E-state index contributed by atoms with van der Waals surface area (Å²) in [5.41, 5.74) is 1.25. The Morgan fingerprint density at radius 3 is 2.76 bits per heavy atom. The molecule has 0 bridgehead atoms. The number of aromatic nitrogens is 4. The Hall–Kier alpha value is -1.22. The van der Waals surface area contributed by atoms with Gasteiger partial charge in [0.05, 0.1) is 18.3 Å². The molecule has 1 saturated heterocycles. The number of halogens is 2. The van der Waals surface area contributed by atoms with Crippen LogP contribution in [0.2, 0.25) is 0 Å². The molecule has 1 amide bonds. The number of rotatable bonds is 5. The molecule has 1 aliphatic rings. The molecule has 2 aromatic heterocycles. The van der Waals surface area contributed by atoms with Crippen LogP contribution in [0, 0.1) is 6.92 Å². The number of amides is 1. The lowest BCUT2D eigenvalue weighted by Crippen LogP contribution is -2.30. The number of carbonyl (C=O) groups excluding carboxylic acids is 1. The zero-order valence-electron chi connectivity index (χ0n) is 14.3. The summed E-state index contributed by atoms with van der Waals surface area (Å²) >= 11 is 1.63. The number of piperidine rings is 1. The van der Waals surface area contributed by atoms with Crippen LogP contribution in [-0.4, -0.2) is 39.0 Å². The molecule has 7 nitrogen and oxygen atoms in total. The minimum absolute atomic E-state index is 0. The van der Waals surface area contributed by atoms with E-state index in [4.69, 9.17) is 0 Å². The summed E-state index contributed by atoms with van der Waals surface area (Å²) in [5, 5.41) is 15.4. The van der Waals surface area contributed by atoms with Crippen LogP contribution in [0.1, 0.15) is 51.9 Å². The van der Waals surface area contributed by atoms with Gasteiger partial charge >= 0.3 is 0 Å². The fourth-order valence-corrected chi connectivity index (χ4v) is 3.58. The van der Waals surface area contributed by atoms with Crippen molar-refractivity contribution in [1.82, 2.24) is 30.6 Å². The van der Waals surface area contributed by atoms with Crippen LogP contribution < -0.4 is 10.6 Å². The molecule has 0 aliphatic carbocycles. The predicted octanol–water partition coefficient (Wildman–Crippen LogP) is 2.30. The van der Waals surface area contributed by atoms with Gasteiger partial charge in [0.15, 0.2) is 5.69 Å². The topological polar surface area (TPSA) is 84.7 Å². The summed E-state index contributed by atoms with van der Waals surface area (Å²) in [7, 11) is 0. The van der Waals surface area contributed by atoms with Crippen molar-refractivity contribution in [3.63, 3.8) is 0 Å². The van der Waals surface area contributed by atoms with Gasteiger partial charge in [-0.1, -0.05) is 12.1 Å². The number of hydrogen-bond donors (Lipinski definition) is 2. The van der Waals surface area contributed by atoms with Crippen LogP contribution in [0.15, 0.2) is 6.20 Å². The minimum atomic E-state index is -0.184. The number of thiazole rings is 1. The maximum atomic E-state index is 12.3. The van der Waals surface area contributed by atoms with Crippen LogP contribution in [0.3, 0.4) is 0 Å². The first kappa shape index (κ1) is 21.8.